The zero-order valence-electron chi connectivity index (χ0n) is 12.2. The van der Waals surface area contributed by atoms with Gasteiger partial charge in [-0.05, 0) is 33.6 Å². The molecule has 1 aliphatic rings. The summed E-state index contributed by atoms with van der Waals surface area (Å²) in [5.74, 6) is 0.514. The van der Waals surface area contributed by atoms with Crippen LogP contribution in [-0.2, 0) is 0 Å². The molecule has 1 aromatic rings. The molecule has 5 nitrogen and oxygen atoms in total. The number of nitrogens with zero attached hydrogens (tertiary/aromatic N) is 2. The summed E-state index contributed by atoms with van der Waals surface area (Å²) in [7, 11) is 1.52. The summed E-state index contributed by atoms with van der Waals surface area (Å²) >= 11 is 3.34. The van der Waals surface area contributed by atoms with Crippen molar-refractivity contribution in [2.24, 2.45) is 0 Å². The van der Waals surface area contributed by atoms with E-state index in [1.807, 2.05) is 12.1 Å². The van der Waals surface area contributed by atoms with Crippen LogP contribution in [0.3, 0.4) is 0 Å². The fraction of sp³-hybridized carbons (Fsp3) is 0.500. The first-order valence-electron chi connectivity index (χ1n) is 6.55. The maximum absolute atomic E-state index is 9.88. The lowest BCUT2D eigenvalue weighted by atomic mass is 10.0. The quantitative estimate of drug-likeness (QED) is 0.795. The van der Waals surface area contributed by atoms with Gasteiger partial charge in [-0.1, -0.05) is 0 Å². The summed E-state index contributed by atoms with van der Waals surface area (Å²) in [5, 5.41) is 22.3. The molecule has 0 aliphatic carbocycles. The van der Waals surface area contributed by atoms with Gasteiger partial charge in [-0.3, -0.25) is 4.90 Å². The zero-order chi connectivity index (χ0) is 14.5. The number of piperazine rings is 1. The number of hydrogen-bond acceptors (Lipinski definition) is 5. The van der Waals surface area contributed by atoms with Crippen LogP contribution in [0.1, 0.15) is 18.0 Å². The highest BCUT2D eigenvalue weighted by Crippen LogP contribution is 2.38. The first-order valence-corrected chi connectivity index (χ1v) is 7.34. The van der Waals surface area contributed by atoms with Crippen molar-refractivity contribution in [3.8, 4) is 17.6 Å². The Morgan fingerprint density at radius 1 is 1.41 bits per heavy atom. The molecule has 22 heavy (non-hydrogen) atoms. The molecule has 0 amide bonds. The van der Waals surface area contributed by atoms with Crippen molar-refractivity contribution in [3.63, 3.8) is 0 Å². The minimum absolute atomic E-state index is 0. The van der Waals surface area contributed by atoms with Crippen LogP contribution >= 0.6 is 40.7 Å². The number of hydrogen-bond donors (Lipinski definition) is 2. The SMILES string of the molecule is COc1cc([C@H](CC#N)N2CCNCC2)cc(Br)c1O.Cl.Cl. The van der Waals surface area contributed by atoms with E-state index < -0.39 is 0 Å². The molecule has 0 aromatic heterocycles. The molecule has 0 radical (unpaired) electrons. The second kappa shape index (κ2) is 10.1. The smallest absolute Gasteiger partial charge is 0.172 e. The van der Waals surface area contributed by atoms with Crippen LogP contribution in [0, 0.1) is 11.3 Å². The van der Waals surface area contributed by atoms with E-state index in [4.69, 9.17) is 10.00 Å². The predicted molar refractivity (Wildman–Crippen MR) is 94.3 cm³/mol. The number of benzene rings is 1. The van der Waals surface area contributed by atoms with E-state index in [1.54, 1.807) is 0 Å². The van der Waals surface area contributed by atoms with E-state index in [0.717, 1.165) is 31.7 Å². The number of ether oxygens (including phenoxy) is 1. The summed E-state index contributed by atoms with van der Waals surface area (Å²) < 4.78 is 5.78. The van der Waals surface area contributed by atoms with Crippen LogP contribution < -0.4 is 10.1 Å². The van der Waals surface area contributed by atoms with Crippen molar-refractivity contribution in [3.05, 3.63) is 22.2 Å². The Labute approximate surface area is 151 Å². The number of nitriles is 1. The van der Waals surface area contributed by atoms with E-state index in [9.17, 15) is 5.11 Å². The van der Waals surface area contributed by atoms with Gasteiger partial charge < -0.3 is 15.2 Å². The molecule has 1 fully saturated rings. The summed E-state index contributed by atoms with van der Waals surface area (Å²) in [6.07, 6.45) is 0.417. The first kappa shape index (κ1) is 21.3. The molecule has 1 aromatic carbocycles. The van der Waals surface area contributed by atoms with Gasteiger partial charge in [0.1, 0.15) is 0 Å². The lowest BCUT2D eigenvalue weighted by Gasteiger charge is -2.34. The van der Waals surface area contributed by atoms with Crippen LogP contribution in [0.2, 0.25) is 0 Å². The summed E-state index contributed by atoms with van der Waals surface area (Å²) in [6, 6.07) is 5.95. The molecule has 2 N–H and O–H groups in total. The van der Waals surface area contributed by atoms with Crippen molar-refractivity contribution < 1.29 is 9.84 Å². The number of rotatable bonds is 4. The number of halogens is 3. The Morgan fingerprint density at radius 2 is 2.05 bits per heavy atom. The van der Waals surface area contributed by atoms with Crippen molar-refractivity contribution in [2.45, 2.75) is 12.5 Å². The van der Waals surface area contributed by atoms with Gasteiger partial charge in [-0.25, -0.2) is 0 Å². The average Bonchev–Trinajstić information content (AvgIpc) is 2.48. The molecule has 0 unspecified atom stereocenters. The summed E-state index contributed by atoms with van der Waals surface area (Å²) in [6.45, 7) is 3.68. The third-order valence-electron chi connectivity index (χ3n) is 3.53. The second-order valence-corrected chi connectivity index (χ2v) is 5.57. The molecule has 0 bridgehead atoms. The lowest BCUT2D eigenvalue weighted by molar-refractivity contribution is 0.175. The zero-order valence-corrected chi connectivity index (χ0v) is 15.4. The van der Waals surface area contributed by atoms with Gasteiger partial charge in [0.2, 0.25) is 0 Å². The van der Waals surface area contributed by atoms with E-state index >= 15 is 0 Å². The Balaban J connectivity index is 0.00000220. The molecule has 124 valence electrons. The van der Waals surface area contributed by atoms with E-state index in [1.165, 1.54) is 7.11 Å². The van der Waals surface area contributed by atoms with Crippen molar-refractivity contribution in [1.82, 2.24) is 10.2 Å². The van der Waals surface area contributed by atoms with Gasteiger partial charge in [0, 0.05) is 32.2 Å². The van der Waals surface area contributed by atoms with Gasteiger partial charge in [-0.15, -0.1) is 24.8 Å². The maximum atomic E-state index is 9.88. The maximum Gasteiger partial charge on any atom is 0.172 e. The van der Waals surface area contributed by atoms with Crippen molar-refractivity contribution in [2.75, 3.05) is 33.3 Å². The second-order valence-electron chi connectivity index (χ2n) is 4.72. The van der Waals surface area contributed by atoms with Crippen LogP contribution in [0.25, 0.3) is 0 Å². The third kappa shape index (κ3) is 4.90. The van der Waals surface area contributed by atoms with Crippen LogP contribution in [0.15, 0.2) is 16.6 Å². The minimum Gasteiger partial charge on any atom is -0.503 e. The highest BCUT2D eigenvalue weighted by Gasteiger charge is 2.24. The Kier molecular flexibility index (Phi) is 9.81. The van der Waals surface area contributed by atoms with Crippen LogP contribution in [-0.4, -0.2) is 43.3 Å². The Hall–Kier alpha value is -0.710. The molecule has 1 atom stereocenters. The van der Waals surface area contributed by atoms with Crippen molar-refractivity contribution in [1.29, 1.82) is 5.26 Å². The molecule has 8 heteroatoms. The van der Waals surface area contributed by atoms with Gasteiger partial charge in [0.15, 0.2) is 11.5 Å². The Morgan fingerprint density at radius 3 is 2.59 bits per heavy atom. The number of methoxy groups -OCH3 is 1. The Bertz CT molecular complexity index is 520. The minimum atomic E-state index is 0. The predicted octanol–water partition coefficient (Wildman–Crippen LogP) is 2.87. The average molecular weight is 413 g/mol. The van der Waals surface area contributed by atoms with Gasteiger partial charge in [-0.2, -0.15) is 5.26 Å². The number of phenolic OH excluding ortho intramolecular Hbond substituents is 1. The van der Waals surface area contributed by atoms with E-state index in [-0.39, 0.29) is 36.6 Å². The fourth-order valence-corrected chi connectivity index (χ4v) is 2.94. The molecular weight excluding hydrogens is 393 g/mol. The fourth-order valence-electron chi connectivity index (χ4n) is 2.48. The normalized spacial score (nSPS) is 15.9. The standard InChI is InChI=1S/C14H18BrN3O2.2ClH/c1-20-13-9-10(8-11(15)14(13)19)12(2-3-16)18-6-4-17-5-7-18;;/h8-9,12,17,19H,2,4-7H2,1H3;2*1H/t12-;;/m0../s1. The van der Waals surface area contributed by atoms with Gasteiger partial charge >= 0.3 is 0 Å². The molecule has 1 heterocycles. The van der Waals surface area contributed by atoms with E-state index in [0.29, 0.717) is 16.6 Å². The molecule has 0 saturated carbocycles. The number of nitrogens with one attached hydrogen (secondary N) is 1. The summed E-state index contributed by atoms with van der Waals surface area (Å²) in [5.41, 5.74) is 0.981. The summed E-state index contributed by atoms with van der Waals surface area (Å²) in [4.78, 5) is 2.29. The molecular formula is C14H20BrCl2N3O2. The topological polar surface area (TPSA) is 68.5 Å². The third-order valence-corrected chi connectivity index (χ3v) is 4.14. The monoisotopic (exact) mass is 411 g/mol. The number of aromatic hydroxyl groups is 1. The van der Waals surface area contributed by atoms with Gasteiger partial charge in [0.05, 0.1) is 24.1 Å². The first-order chi connectivity index (χ1) is 9.67. The highest BCUT2D eigenvalue weighted by atomic mass is 79.9. The largest absolute Gasteiger partial charge is 0.503 e. The molecule has 1 saturated heterocycles. The molecule has 2 rings (SSSR count). The van der Waals surface area contributed by atoms with Crippen LogP contribution in [0.5, 0.6) is 11.5 Å². The van der Waals surface area contributed by atoms with Crippen LogP contribution in [0.4, 0.5) is 0 Å². The number of phenols is 1. The highest BCUT2D eigenvalue weighted by molar-refractivity contribution is 9.10. The lowest BCUT2D eigenvalue weighted by Crippen LogP contribution is -2.45. The van der Waals surface area contributed by atoms with Gasteiger partial charge in [0.25, 0.3) is 0 Å². The van der Waals surface area contributed by atoms with E-state index in [2.05, 4.69) is 32.2 Å². The molecule has 0 spiro atoms. The van der Waals surface area contributed by atoms with Crippen molar-refractivity contribution >= 4 is 40.7 Å². The molecule has 1 aliphatic heterocycles.